The highest BCUT2D eigenvalue weighted by molar-refractivity contribution is 6.14. The minimum Gasteiger partial charge on any atom is -0.309 e. The van der Waals surface area contributed by atoms with Crippen molar-refractivity contribution in [2.75, 3.05) is 0 Å². The van der Waals surface area contributed by atoms with Crippen molar-refractivity contribution in [1.82, 2.24) is 13.7 Å². The standard InChI is InChI=1S/C54H35N3/c1-4-14-40(15-5-1)55-49-22-12-10-20-43(49)45-32-36(24-28-51(45)55)38-26-30-53-47(34-38)48-35-39(27-31-54(48)57(53)42-18-8-3-9-19-42)37-25-29-52-46(33-37)44-21-11-13-23-50(44)56(52)41-16-6-2-7-17-41/h1-35H/i1D,2D,4D,5D,6D,7D,10D,11D,12D,13D,14D,15D,16D,17D,20D,21D,22D,23D,24D,25D,28D,29D,32D,33D. The highest BCUT2D eigenvalue weighted by Gasteiger charge is 2.18. The lowest BCUT2D eigenvalue weighted by molar-refractivity contribution is 1.18. The van der Waals surface area contributed by atoms with Crippen LogP contribution in [0.4, 0.5) is 0 Å². The number of aromatic nitrogens is 3. The largest absolute Gasteiger partial charge is 0.309 e. The Morgan fingerprint density at radius 2 is 0.702 bits per heavy atom. The van der Waals surface area contributed by atoms with Crippen LogP contribution in [0.1, 0.15) is 32.9 Å². The van der Waals surface area contributed by atoms with Crippen molar-refractivity contribution < 1.29 is 32.9 Å². The van der Waals surface area contributed by atoms with Gasteiger partial charge in [0.1, 0.15) is 0 Å². The fourth-order valence-electron chi connectivity index (χ4n) is 7.66. The monoisotopic (exact) mass is 749 g/mol. The summed E-state index contributed by atoms with van der Waals surface area (Å²) in [6.45, 7) is 0. The maximum absolute atomic E-state index is 9.87. The second-order valence-corrected chi connectivity index (χ2v) is 13.1. The summed E-state index contributed by atoms with van der Waals surface area (Å²) in [5.41, 5.74) is -0.896. The lowest BCUT2D eigenvalue weighted by Gasteiger charge is -2.09. The Bertz CT molecular complexity index is 4580. The maximum atomic E-state index is 9.87. The number of para-hydroxylation sites is 5. The van der Waals surface area contributed by atoms with Gasteiger partial charge in [0.2, 0.25) is 0 Å². The molecular formula is C54H35N3. The van der Waals surface area contributed by atoms with Gasteiger partial charge in [0, 0.05) is 49.4 Å². The van der Waals surface area contributed by atoms with Crippen molar-refractivity contribution in [3.05, 3.63) is 212 Å². The van der Waals surface area contributed by atoms with Gasteiger partial charge in [0.05, 0.1) is 66.0 Å². The summed E-state index contributed by atoms with van der Waals surface area (Å²) in [5, 5.41) is -0.245. The first-order valence-corrected chi connectivity index (χ1v) is 17.6. The summed E-state index contributed by atoms with van der Waals surface area (Å²) < 4.78 is 219. The van der Waals surface area contributed by atoms with E-state index in [1.807, 2.05) is 34.9 Å². The van der Waals surface area contributed by atoms with E-state index in [2.05, 4.69) is 0 Å². The van der Waals surface area contributed by atoms with Gasteiger partial charge in [-0.2, -0.15) is 0 Å². The van der Waals surface area contributed by atoms with E-state index >= 15 is 0 Å². The second kappa shape index (κ2) is 12.5. The number of fused-ring (bicyclic) bond motifs is 9. The minimum absolute atomic E-state index is 0.168. The predicted molar refractivity (Wildman–Crippen MR) is 240 cm³/mol. The molecule has 3 heteroatoms. The van der Waals surface area contributed by atoms with Gasteiger partial charge in [-0.15, -0.1) is 0 Å². The van der Waals surface area contributed by atoms with E-state index in [1.54, 1.807) is 36.4 Å². The summed E-state index contributed by atoms with van der Waals surface area (Å²) in [5.74, 6) is 0. The smallest absolute Gasteiger partial charge is 0.0645 e. The molecule has 0 amide bonds. The molecule has 0 aliphatic rings. The molecular weight excluding hydrogens is 691 g/mol. The van der Waals surface area contributed by atoms with E-state index in [4.69, 9.17) is 24.7 Å². The predicted octanol–water partition coefficient (Wildman–Crippen LogP) is 14.3. The summed E-state index contributed by atoms with van der Waals surface area (Å²) in [4.78, 5) is 0. The van der Waals surface area contributed by atoms with Crippen LogP contribution in [0.15, 0.2) is 212 Å². The van der Waals surface area contributed by atoms with Crippen molar-refractivity contribution >= 4 is 65.4 Å². The van der Waals surface area contributed by atoms with Gasteiger partial charge in [-0.3, -0.25) is 0 Å². The molecule has 266 valence electrons. The van der Waals surface area contributed by atoms with Crippen LogP contribution in [0.25, 0.3) is 105 Å². The summed E-state index contributed by atoms with van der Waals surface area (Å²) >= 11 is 0. The third kappa shape index (κ3) is 4.86. The number of nitrogens with zero attached hydrogens (tertiary/aromatic N) is 3. The highest BCUT2D eigenvalue weighted by Crippen LogP contribution is 2.41. The molecule has 0 atom stereocenters. The lowest BCUT2D eigenvalue weighted by atomic mass is 9.98. The third-order valence-electron chi connectivity index (χ3n) is 10.1. The quantitative estimate of drug-likeness (QED) is 0.166. The topological polar surface area (TPSA) is 14.8 Å². The van der Waals surface area contributed by atoms with Gasteiger partial charge >= 0.3 is 0 Å². The molecule has 12 aromatic rings. The second-order valence-electron chi connectivity index (χ2n) is 13.1. The Hall–Kier alpha value is -7.62. The van der Waals surface area contributed by atoms with Gasteiger partial charge < -0.3 is 13.7 Å². The van der Waals surface area contributed by atoms with Crippen molar-refractivity contribution in [3.63, 3.8) is 0 Å². The zero-order valence-corrected chi connectivity index (χ0v) is 29.2. The van der Waals surface area contributed by atoms with E-state index in [1.165, 1.54) is 0 Å². The fourth-order valence-corrected chi connectivity index (χ4v) is 7.66. The summed E-state index contributed by atoms with van der Waals surface area (Å²) in [7, 11) is 0. The number of rotatable bonds is 5. The molecule has 3 heterocycles. The average molecular weight is 750 g/mol. The molecule has 0 aliphatic heterocycles. The van der Waals surface area contributed by atoms with Crippen LogP contribution in [0.2, 0.25) is 0 Å². The fraction of sp³-hybridized carbons (Fsp3) is 0. The van der Waals surface area contributed by atoms with Crippen LogP contribution in [0.3, 0.4) is 0 Å². The Morgan fingerprint density at radius 1 is 0.281 bits per heavy atom. The Kier molecular flexibility index (Phi) is 3.55. The first-order chi connectivity index (χ1) is 38.3. The molecule has 57 heavy (non-hydrogen) atoms. The molecule has 0 radical (unpaired) electrons. The number of hydrogen-bond acceptors (Lipinski definition) is 0. The SMILES string of the molecule is [2H]c1c([2H])c([2H])c(-n2c3c([2H])c([2H])c([2H])c([2H])c3c3c([2H])c(-c4ccc5c(c4)c4cc(-c6c([2H])c([2H])c7c(c6[2H])c6c([2H])c([2H])c([2H])c([2H])c6n7-c6c([2H])c([2H])c([2H])c([2H])c6[2H])ccc4n5-c4ccccc4)c([2H])c([2H])c32)c([2H])c1[2H]. The van der Waals surface area contributed by atoms with Gasteiger partial charge in [-0.05, 0) is 119 Å². The third-order valence-corrected chi connectivity index (χ3v) is 10.1. The Balaban J connectivity index is 1.17. The minimum atomic E-state index is -0.775. The van der Waals surface area contributed by atoms with Crippen LogP contribution < -0.4 is 0 Å². The van der Waals surface area contributed by atoms with Crippen LogP contribution in [-0.4, -0.2) is 13.7 Å². The first-order valence-electron chi connectivity index (χ1n) is 29.6. The van der Waals surface area contributed by atoms with Gasteiger partial charge in [-0.25, -0.2) is 0 Å². The lowest BCUT2D eigenvalue weighted by Crippen LogP contribution is -1.93. The molecule has 0 bridgehead atoms. The zero-order valence-electron chi connectivity index (χ0n) is 53.2. The molecule has 3 aromatic heterocycles. The zero-order chi connectivity index (χ0) is 58.3. The summed E-state index contributed by atoms with van der Waals surface area (Å²) in [6, 6.07) is 2.29. The van der Waals surface area contributed by atoms with Crippen molar-refractivity contribution in [3.8, 4) is 39.3 Å². The van der Waals surface area contributed by atoms with E-state index in [0.29, 0.717) is 27.5 Å². The van der Waals surface area contributed by atoms with Crippen LogP contribution >= 0.6 is 0 Å². The molecule has 0 spiro atoms. The Labute approximate surface area is 363 Å². The number of hydrogen-bond donors (Lipinski definition) is 0. The van der Waals surface area contributed by atoms with Crippen LogP contribution in [0.5, 0.6) is 0 Å². The van der Waals surface area contributed by atoms with Crippen LogP contribution in [0, 0.1) is 0 Å². The van der Waals surface area contributed by atoms with Crippen LogP contribution in [-0.2, 0) is 0 Å². The molecule has 3 nitrogen and oxygen atoms in total. The molecule has 0 saturated heterocycles. The van der Waals surface area contributed by atoms with Gasteiger partial charge in [-0.1, -0.05) is 115 Å². The molecule has 0 saturated carbocycles. The molecule has 12 rings (SSSR count). The van der Waals surface area contributed by atoms with Gasteiger partial charge in [0.15, 0.2) is 0 Å². The van der Waals surface area contributed by atoms with Gasteiger partial charge in [0.25, 0.3) is 0 Å². The van der Waals surface area contributed by atoms with Crippen molar-refractivity contribution in [2.24, 2.45) is 0 Å². The van der Waals surface area contributed by atoms with Crippen molar-refractivity contribution in [1.29, 1.82) is 0 Å². The average Bonchev–Trinajstić information content (AvgIpc) is 2.01. The van der Waals surface area contributed by atoms with E-state index in [-0.39, 0.29) is 54.8 Å². The molecule has 0 N–H and O–H groups in total. The van der Waals surface area contributed by atoms with E-state index < -0.39 is 167 Å². The van der Waals surface area contributed by atoms with E-state index in [0.717, 1.165) is 9.13 Å². The molecule has 0 aliphatic carbocycles. The first kappa shape index (κ1) is 16.2. The van der Waals surface area contributed by atoms with E-state index in [9.17, 15) is 8.22 Å². The number of benzene rings is 9. The molecule has 0 unspecified atom stereocenters. The molecule has 9 aromatic carbocycles. The molecule has 0 fully saturated rings. The maximum Gasteiger partial charge on any atom is 0.0645 e. The van der Waals surface area contributed by atoms with Crippen molar-refractivity contribution in [2.45, 2.75) is 0 Å². The summed E-state index contributed by atoms with van der Waals surface area (Å²) in [6.07, 6.45) is 0. The highest BCUT2D eigenvalue weighted by atomic mass is 15.0. The Morgan fingerprint density at radius 3 is 1.19 bits per heavy atom. The normalized spacial score (nSPS) is 17.8.